The highest BCUT2D eigenvalue weighted by atomic mass is 32.1. The van der Waals surface area contributed by atoms with Gasteiger partial charge in [0.1, 0.15) is 15.6 Å². The second kappa shape index (κ2) is 5.28. The minimum atomic E-state index is -0.507. The number of primary amides is 1. The number of nitrogens with two attached hydrogens (primary N) is 2. The van der Waals surface area contributed by atoms with E-state index in [2.05, 4.69) is 12.2 Å². The normalized spacial score (nSPS) is 21.5. The van der Waals surface area contributed by atoms with E-state index in [1.807, 2.05) is 13.8 Å². The fraction of sp³-hybridized carbons (Fsp3) is 0.615. The van der Waals surface area contributed by atoms with Gasteiger partial charge in [-0.15, -0.1) is 11.3 Å². The Morgan fingerprint density at radius 2 is 2.26 bits per heavy atom. The van der Waals surface area contributed by atoms with Gasteiger partial charge >= 0.3 is 0 Å². The molecule has 5 nitrogen and oxygen atoms in total. The van der Waals surface area contributed by atoms with Crippen molar-refractivity contribution in [1.82, 2.24) is 0 Å². The molecule has 2 atom stereocenters. The van der Waals surface area contributed by atoms with Crippen molar-refractivity contribution in [3.05, 3.63) is 4.88 Å². The second-order valence-electron chi connectivity index (χ2n) is 5.19. The molecule has 1 fully saturated rings. The van der Waals surface area contributed by atoms with Crippen LogP contribution in [0.5, 0.6) is 5.75 Å². The Bertz CT molecular complexity index is 484. The number of carbonyl (C=O) groups excluding carboxylic acids is 1. The Hall–Kier alpha value is -1.43. The molecule has 1 aromatic heterocycles. The van der Waals surface area contributed by atoms with E-state index < -0.39 is 5.91 Å². The van der Waals surface area contributed by atoms with Crippen molar-refractivity contribution in [2.24, 2.45) is 11.7 Å². The third-order valence-electron chi connectivity index (χ3n) is 3.24. The highest BCUT2D eigenvalue weighted by molar-refractivity contribution is 7.19. The van der Waals surface area contributed by atoms with E-state index in [-0.39, 0.29) is 6.10 Å². The molecule has 0 radical (unpaired) electrons. The zero-order chi connectivity index (χ0) is 14.2. The molecule has 0 aliphatic heterocycles. The maximum atomic E-state index is 11.4. The maximum absolute atomic E-state index is 11.4. The number of carbonyl (C=O) groups is 1. The zero-order valence-corrected chi connectivity index (χ0v) is 12.3. The van der Waals surface area contributed by atoms with Crippen LogP contribution in [-0.4, -0.2) is 18.1 Å². The van der Waals surface area contributed by atoms with Gasteiger partial charge in [0.2, 0.25) is 0 Å². The summed E-state index contributed by atoms with van der Waals surface area (Å²) in [6, 6.07) is 0.457. The van der Waals surface area contributed by atoms with Crippen LogP contribution in [0.4, 0.5) is 10.7 Å². The Kier molecular flexibility index (Phi) is 3.89. The van der Waals surface area contributed by atoms with Gasteiger partial charge in [0.15, 0.2) is 5.75 Å². The third kappa shape index (κ3) is 2.94. The maximum Gasteiger partial charge on any atom is 0.261 e. The lowest BCUT2D eigenvalue weighted by Crippen LogP contribution is -2.12. The lowest BCUT2D eigenvalue weighted by atomic mass is 10.3. The van der Waals surface area contributed by atoms with E-state index in [1.54, 1.807) is 0 Å². The summed E-state index contributed by atoms with van der Waals surface area (Å²) in [6.45, 7) is 6.03. The van der Waals surface area contributed by atoms with Crippen LogP contribution >= 0.6 is 11.3 Å². The zero-order valence-electron chi connectivity index (χ0n) is 11.5. The van der Waals surface area contributed by atoms with Crippen LogP contribution in [0.1, 0.15) is 43.3 Å². The Morgan fingerprint density at radius 3 is 2.74 bits per heavy atom. The van der Waals surface area contributed by atoms with E-state index in [0.717, 1.165) is 17.8 Å². The van der Waals surface area contributed by atoms with Gasteiger partial charge in [0.25, 0.3) is 5.91 Å². The third-order valence-corrected chi connectivity index (χ3v) is 4.37. The Labute approximate surface area is 117 Å². The van der Waals surface area contributed by atoms with Crippen LogP contribution in [0.25, 0.3) is 0 Å². The molecule has 1 aromatic rings. The van der Waals surface area contributed by atoms with Gasteiger partial charge in [0.05, 0.1) is 6.10 Å². The van der Waals surface area contributed by atoms with Crippen molar-refractivity contribution in [3.8, 4) is 5.75 Å². The van der Waals surface area contributed by atoms with Gasteiger partial charge in [-0.05, 0) is 26.2 Å². The first-order chi connectivity index (χ1) is 8.93. The number of nitrogen functional groups attached to an aromatic ring is 1. The van der Waals surface area contributed by atoms with Crippen LogP contribution in [0.15, 0.2) is 0 Å². The monoisotopic (exact) mass is 283 g/mol. The van der Waals surface area contributed by atoms with Crippen molar-refractivity contribution < 1.29 is 9.53 Å². The average Bonchev–Trinajstić information content (AvgIpc) is 3.01. The fourth-order valence-corrected chi connectivity index (χ4v) is 3.07. The predicted octanol–water partition coefficient (Wildman–Crippen LogP) is 2.43. The van der Waals surface area contributed by atoms with Crippen LogP contribution < -0.4 is 21.5 Å². The molecule has 106 valence electrons. The molecule has 0 bridgehead atoms. The van der Waals surface area contributed by atoms with Gasteiger partial charge < -0.3 is 21.5 Å². The van der Waals surface area contributed by atoms with E-state index >= 15 is 0 Å². The largest absolute Gasteiger partial charge is 0.486 e. The van der Waals surface area contributed by atoms with Crippen LogP contribution in [0, 0.1) is 5.92 Å². The summed E-state index contributed by atoms with van der Waals surface area (Å²) in [5, 5.41) is 4.23. The molecule has 6 heteroatoms. The average molecular weight is 283 g/mol. The first-order valence-electron chi connectivity index (χ1n) is 6.59. The van der Waals surface area contributed by atoms with Crippen molar-refractivity contribution >= 4 is 27.9 Å². The summed E-state index contributed by atoms with van der Waals surface area (Å²) in [6.07, 6.45) is 2.31. The van der Waals surface area contributed by atoms with Crippen LogP contribution in [0.2, 0.25) is 0 Å². The van der Waals surface area contributed by atoms with Gasteiger partial charge in [-0.3, -0.25) is 4.79 Å². The highest BCUT2D eigenvalue weighted by Gasteiger charge is 2.37. The lowest BCUT2D eigenvalue weighted by Gasteiger charge is -2.12. The standard InChI is InChI=1S/C13H21N3O2S/c1-4-7-5-8(7)16-13-10(18-6(2)3)9(14)11(19-13)12(15)17/h6-8,16H,4-5,14H2,1-3H3,(H2,15,17). The number of hydrogen-bond acceptors (Lipinski definition) is 5. The van der Waals surface area contributed by atoms with Gasteiger partial charge in [-0.25, -0.2) is 0 Å². The first-order valence-corrected chi connectivity index (χ1v) is 7.40. The molecule has 0 saturated heterocycles. The molecule has 19 heavy (non-hydrogen) atoms. The van der Waals surface area contributed by atoms with Crippen LogP contribution in [0.3, 0.4) is 0 Å². The number of hydrogen-bond donors (Lipinski definition) is 3. The second-order valence-corrected chi connectivity index (χ2v) is 6.21. The van der Waals surface area contributed by atoms with Crippen molar-refractivity contribution in [3.63, 3.8) is 0 Å². The molecule has 1 aliphatic carbocycles. The Morgan fingerprint density at radius 1 is 1.58 bits per heavy atom. The van der Waals surface area contributed by atoms with Gasteiger partial charge in [0, 0.05) is 6.04 Å². The number of thiophene rings is 1. The quantitative estimate of drug-likeness (QED) is 0.748. The molecule has 1 heterocycles. The van der Waals surface area contributed by atoms with E-state index in [9.17, 15) is 4.79 Å². The number of amides is 1. The molecule has 0 aromatic carbocycles. The summed E-state index contributed by atoms with van der Waals surface area (Å²) in [4.78, 5) is 11.7. The summed E-state index contributed by atoms with van der Waals surface area (Å²) >= 11 is 1.28. The summed E-state index contributed by atoms with van der Waals surface area (Å²) in [5.74, 6) is 0.759. The summed E-state index contributed by atoms with van der Waals surface area (Å²) in [7, 11) is 0. The van der Waals surface area contributed by atoms with Crippen LogP contribution in [-0.2, 0) is 0 Å². The lowest BCUT2D eigenvalue weighted by molar-refractivity contribution is 0.100. The SMILES string of the molecule is CCC1CC1Nc1sc(C(N)=O)c(N)c1OC(C)C. The number of nitrogens with one attached hydrogen (secondary N) is 1. The Balaban J connectivity index is 2.24. The minimum absolute atomic E-state index is 0.000600. The molecule has 2 rings (SSSR count). The molecule has 2 unspecified atom stereocenters. The molecule has 1 saturated carbocycles. The fourth-order valence-electron chi connectivity index (χ4n) is 2.10. The number of ether oxygens (including phenoxy) is 1. The van der Waals surface area contributed by atoms with Gasteiger partial charge in [-0.1, -0.05) is 13.3 Å². The topological polar surface area (TPSA) is 90.4 Å². The molecule has 1 amide bonds. The molecular weight excluding hydrogens is 262 g/mol. The summed E-state index contributed by atoms with van der Waals surface area (Å²) in [5.41, 5.74) is 11.6. The molecular formula is C13H21N3O2S. The summed E-state index contributed by atoms with van der Waals surface area (Å²) < 4.78 is 5.72. The molecule has 5 N–H and O–H groups in total. The number of anilines is 2. The molecule has 0 spiro atoms. The smallest absolute Gasteiger partial charge is 0.261 e. The van der Waals surface area contributed by atoms with Crippen molar-refractivity contribution in [2.75, 3.05) is 11.1 Å². The predicted molar refractivity (Wildman–Crippen MR) is 78.8 cm³/mol. The van der Waals surface area contributed by atoms with E-state index in [4.69, 9.17) is 16.2 Å². The number of rotatable bonds is 6. The van der Waals surface area contributed by atoms with E-state index in [1.165, 1.54) is 11.3 Å². The van der Waals surface area contributed by atoms with Crippen molar-refractivity contribution in [2.45, 2.75) is 45.8 Å². The first kappa shape index (κ1) is 14.0. The molecule has 1 aliphatic rings. The van der Waals surface area contributed by atoms with Crippen molar-refractivity contribution in [1.29, 1.82) is 0 Å². The minimum Gasteiger partial charge on any atom is -0.486 e. The van der Waals surface area contributed by atoms with E-state index in [0.29, 0.717) is 28.3 Å². The van der Waals surface area contributed by atoms with Gasteiger partial charge in [-0.2, -0.15) is 0 Å². The highest BCUT2D eigenvalue weighted by Crippen LogP contribution is 2.46.